The normalized spacial score (nSPS) is 17.2. The molecule has 0 aromatic heterocycles. The Morgan fingerprint density at radius 1 is 0.913 bits per heavy atom. The number of carbonyl (C=O) groups excluding carboxylic acids is 1. The summed E-state index contributed by atoms with van der Waals surface area (Å²) in [7, 11) is 0. The van der Waals surface area contributed by atoms with Gasteiger partial charge in [0.05, 0.1) is 6.42 Å². The summed E-state index contributed by atoms with van der Waals surface area (Å²) in [5.41, 5.74) is 2.24. The van der Waals surface area contributed by atoms with E-state index in [1.807, 2.05) is 42.5 Å². The van der Waals surface area contributed by atoms with E-state index in [0.29, 0.717) is 12.2 Å². The fourth-order valence-electron chi connectivity index (χ4n) is 3.15. The van der Waals surface area contributed by atoms with E-state index in [1.165, 1.54) is 5.39 Å². The van der Waals surface area contributed by atoms with Gasteiger partial charge in [-0.1, -0.05) is 72.8 Å². The third-order valence-corrected chi connectivity index (χ3v) is 4.23. The molecule has 0 amide bonds. The van der Waals surface area contributed by atoms with Gasteiger partial charge in [-0.2, -0.15) is 0 Å². The zero-order valence-corrected chi connectivity index (χ0v) is 12.6. The molecule has 0 spiro atoms. The molecule has 2 heteroatoms. The lowest BCUT2D eigenvalue weighted by Gasteiger charge is -2.24. The predicted octanol–water partition coefficient (Wildman–Crippen LogP) is 4.95. The molecule has 0 fully saturated rings. The molecule has 1 atom stereocenters. The number of ether oxygens (including phenoxy) is 1. The predicted molar refractivity (Wildman–Crippen MR) is 92.4 cm³/mol. The SMILES string of the molecule is O=C1CC(/C=C/c2ccccc2)c2c(ccc3ccccc23)O1. The van der Waals surface area contributed by atoms with Crippen LogP contribution >= 0.6 is 0 Å². The summed E-state index contributed by atoms with van der Waals surface area (Å²) in [6.45, 7) is 0. The van der Waals surface area contributed by atoms with E-state index in [0.717, 1.165) is 16.5 Å². The van der Waals surface area contributed by atoms with Crippen LogP contribution in [0.2, 0.25) is 0 Å². The average molecular weight is 300 g/mol. The molecule has 0 saturated heterocycles. The summed E-state index contributed by atoms with van der Waals surface area (Å²) >= 11 is 0. The maximum Gasteiger partial charge on any atom is 0.312 e. The molecule has 0 bridgehead atoms. The quantitative estimate of drug-likeness (QED) is 0.494. The molecule has 0 N–H and O–H groups in total. The molecule has 1 aliphatic heterocycles. The van der Waals surface area contributed by atoms with Crippen LogP contribution in [0, 0.1) is 0 Å². The molecule has 1 unspecified atom stereocenters. The Morgan fingerprint density at radius 3 is 2.57 bits per heavy atom. The second-order valence-electron chi connectivity index (χ2n) is 5.75. The fourth-order valence-corrected chi connectivity index (χ4v) is 3.15. The monoisotopic (exact) mass is 300 g/mol. The molecular weight excluding hydrogens is 284 g/mol. The Kier molecular flexibility index (Phi) is 3.43. The van der Waals surface area contributed by atoms with E-state index in [1.54, 1.807) is 0 Å². The van der Waals surface area contributed by atoms with Gasteiger partial charge >= 0.3 is 5.97 Å². The van der Waals surface area contributed by atoms with Crippen molar-refractivity contribution >= 4 is 22.8 Å². The minimum atomic E-state index is -0.171. The van der Waals surface area contributed by atoms with Crippen LogP contribution in [-0.4, -0.2) is 5.97 Å². The van der Waals surface area contributed by atoms with Gasteiger partial charge in [-0.05, 0) is 22.4 Å². The maximum absolute atomic E-state index is 11.9. The van der Waals surface area contributed by atoms with Crippen molar-refractivity contribution in [1.82, 2.24) is 0 Å². The van der Waals surface area contributed by atoms with Crippen LogP contribution in [0.4, 0.5) is 0 Å². The minimum Gasteiger partial charge on any atom is -0.426 e. The topological polar surface area (TPSA) is 26.3 Å². The first-order chi connectivity index (χ1) is 11.3. The van der Waals surface area contributed by atoms with E-state index < -0.39 is 0 Å². The van der Waals surface area contributed by atoms with Crippen molar-refractivity contribution in [3.8, 4) is 5.75 Å². The van der Waals surface area contributed by atoms with Gasteiger partial charge in [-0.15, -0.1) is 0 Å². The molecular formula is C21H16O2. The Morgan fingerprint density at radius 2 is 1.70 bits per heavy atom. The maximum atomic E-state index is 11.9. The van der Waals surface area contributed by atoms with Crippen molar-refractivity contribution in [2.75, 3.05) is 0 Å². The summed E-state index contributed by atoms with van der Waals surface area (Å²) in [6, 6.07) is 22.3. The largest absolute Gasteiger partial charge is 0.426 e. The molecule has 0 radical (unpaired) electrons. The van der Waals surface area contributed by atoms with Gasteiger partial charge in [0.1, 0.15) is 5.75 Å². The molecule has 23 heavy (non-hydrogen) atoms. The van der Waals surface area contributed by atoms with Crippen molar-refractivity contribution in [2.45, 2.75) is 12.3 Å². The number of rotatable bonds is 2. The number of allylic oxidation sites excluding steroid dienone is 1. The molecule has 0 aliphatic carbocycles. The Balaban J connectivity index is 1.82. The highest BCUT2D eigenvalue weighted by Crippen LogP contribution is 2.40. The molecule has 3 aromatic carbocycles. The summed E-state index contributed by atoms with van der Waals surface area (Å²) in [5, 5.41) is 2.32. The molecule has 0 saturated carbocycles. The fraction of sp³-hybridized carbons (Fsp3) is 0.0952. The molecule has 3 aromatic rings. The second-order valence-corrected chi connectivity index (χ2v) is 5.75. The molecule has 2 nitrogen and oxygen atoms in total. The summed E-state index contributed by atoms with van der Waals surface area (Å²) in [4.78, 5) is 11.9. The van der Waals surface area contributed by atoms with E-state index in [9.17, 15) is 4.79 Å². The lowest BCUT2D eigenvalue weighted by atomic mass is 9.88. The van der Waals surface area contributed by atoms with Crippen LogP contribution in [0.1, 0.15) is 23.5 Å². The van der Waals surface area contributed by atoms with E-state index in [4.69, 9.17) is 4.74 Å². The van der Waals surface area contributed by atoms with Crippen LogP contribution in [0.3, 0.4) is 0 Å². The minimum absolute atomic E-state index is 0.0394. The van der Waals surface area contributed by atoms with Crippen molar-refractivity contribution in [1.29, 1.82) is 0 Å². The third kappa shape index (κ3) is 2.64. The van der Waals surface area contributed by atoms with E-state index in [-0.39, 0.29) is 11.9 Å². The van der Waals surface area contributed by atoms with Crippen molar-refractivity contribution < 1.29 is 9.53 Å². The first-order valence-electron chi connectivity index (χ1n) is 7.77. The van der Waals surface area contributed by atoms with Gasteiger partial charge in [0.15, 0.2) is 0 Å². The number of hydrogen-bond donors (Lipinski definition) is 0. The van der Waals surface area contributed by atoms with Gasteiger partial charge in [-0.3, -0.25) is 4.79 Å². The molecule has 1 heterocycles. The third-order valence-electron chi connectivity index (χ3n) is 4.23. The Labute approximate surface area is 135 Å². The molecule has 4 rings (SSSR count). The summed E-state index contributed by atoms with van der Waals surface area (Å²) in [5.74, 6) is 0.552. The highest BCUT2D eigenvalue weighted by atomic mass is 16.5. The number of carbonyl (C=O) groups is 1. The number of benzene rings is 3. The second kappa shape index (κ2) is 5.73. The van der Waals surface area contributed by atoms with Gasteiger partial charge in [0.2, 0.25) is 0 Å². The lowest BCUT2D eigenvalue weighted by Crippen LogP contribution is -2.19. The van der Waals surface area contributed by atoms with Crippen LogP contribution in [-0.2, 0) is 4.79 Å². The zero-order chi connectivity index (χ0) is 15.6. The highest BCUT2D eigenvalue weighted by Gasteiger charge is 2.27. The smallest absolute Gasteiger partial charge is 0.312 e. The number of fused-ring (bicyclic) bond motifs is 3. The summed E-state index contributed by atoms with van der Waals surface area (Å²) in [6.07, 6.45) is 4.57. The van der Waals surface area contributed by atoms with Crippen LogP contribution in [0.5, 0.6) is 5.75 Å². The standard InChI is InChI=1S/C21H16O2/c22-20-14-17(11-10-15-6-2-1-3-7-15)21-18-9-5-4-8-16(18)12-13-19(21)23-20/h1-13,17H,14H2/b11-10+. The van der Waals surface area contributed by atoms with Gasteiger partial charge in [-0.25, -0.2) is 0 Å². The van der Waals surface area contributed by atoms with Crippen LogP contribution in [0.15, 0.2) is 72.8 Å². The van der Waals surface area contributed by atoms with Crippen molar-refractivity contribution in [3.63, 3.8) is 0 Å². The number of esters is 1. The van der Waals surface area contributed by atoms with Gasteiger partial charge in [0, 0.05) is 11.5 Å². The summed E-state index contributed by atoms with van der Waals surface area (Å²) < 4.78 is 5.45. The first kappa shape index (κ1) is 13.8. The Bertz CT molecular complexity index is 894. The van der Waals surface area contributed by atoms with Crippen molar-refractivity contribution in [2.24, 2.45) is 0 Å². The van der Waals surface area contributed by atoms with Crippen molar-refractivity contribution in [3.05, 3.63) is 83.9 Å². The molecule has 1 aliphatic rings. The lowest BCUT2D eigenvalue weighted by molar-refractivity contribution is -0.135. The van der Waals surface area contributed by atoms with Gasteiger partial charge < -0.3 is 4.74 Å². The van der Waals surface area contributed by atoms with Gasteiger partial charge in [0.25, 0.3) is 0 Å². The highest BCUT2D eigenvalue weighted by molar-refractivity contribution is 5.92. The molecule has 112 valence electrons. The van der Waals surface area contributed by atoms with E-state index in [2.05, 4.69) is 36.4 Å². The van der Waals surface area contributed by atoms with E-state index >= 15 is 0 Å². The first-order valence-corrected chi connectivity index (χ1v) is 7.77. The van der Waals surface area contributed by atoms with Crippen LogP contribution < -0.4 is 4.74 Å². The Hall–Kier alpha value is -2.87. The average Bonchev–Trinajstić information content (AvgIpc) is 2.60. The number of hydrogen-bond acceptors (Lipinski definition) is 2. The zero-order valence-electron chi connectivity index (χ0n) is 12.6. The van der Waals surface area contributed by atoms with Crippen LogP contribution in [0.25, 0.3) is 16.8 Å².